The summed E-state index contributed by atoms with van der Waals surface area (Å²) >= 11 is 0. The molecule has 29 heavy (non-hydrogen) atoms. The molecule has 0 bridgehead atoms. The Hall–Kier alpha value is -1.71. The second kappa shape index (κ2) is 10.9. The van der Waals surface area contributed by atoms with Crippen molar-refractivity contribution in [1.82, 2.24) is 10.6 Å². The lowest BCUT2D eigenvalue weighted by atomic mass is 9.93. The van der Waals surface area contributed by atoms with Crippen molar-refractivity contribution in [1.29, 1.82) is 0 Å². The van der Waals surface area contributed by atoms with E-state index in [1.54, 1.807) is 0 Å². The molecule has 1 aromatic carbocycles. The Morgan fingerprint density at radius 3 is 2.55 bits per heavy atom. The zero-order chi connectivity index (χ0) is 20.8. The van der Waals surface area contributed by atoms with Crippen LogP contribution in [0, 0.1) is 0 Å². The van der Waals surface area contributed by atoms with Crippen molar-refractivity contribution in [3.05, 3.63) is 29.8 Å². The number of nitrogens with zero attached hydrogens (tertiary/aromatic N) is 1. The maximum Gasteiger partial charge on any atom is 0.408 e. The molecule has 1 unspecified atom stereocenters. The van der Waals surface area contributed by atoms with Crippen molar-refractivity contribution in [3.8, 4) is 5.75 Å². The third kappa shape index (κ3) is 7.56. The molecule has 1 aliphatic heterocycles. The molecule has 0 fully saturated rings. The number of amides is 1. The van der Waals surface area contributed by atoms with Crippen LogP contribution in [0.4, 0.5) is 4.79 Å². The number of nitrogens with one attached hydrogen (secondary N) is 2. The van der Waals surface area contributed by atoms with Gasteiger partial charge in [0.25, 0.3) is 0 Å². The van der Waals surface area contributed by atoms with Gasteiger partial charge in [0, 0.05) is 12.0 Å². The quantitative estimate of drug-likeness (QED) is 0.299. The molecule has 1 atom stereocenters. The van der Waals surface area contributed by atoms with Gasteiger partial charge in [-0.3, -0.25) is 4.99 Å². The van der Waals surface area contributed by atoms with Gasteiger partial charge < -0.3 is 25.8 Å². The van der Waals surface area contributed by atoms with Crippen LogP contribution in [0.5, 0.6) is 5.75 Å². The molecular weight excluding hydrogens is 483 g/mol. The Balaban J connectivity index is 0.00000420. The summed E-state index contributed by atoms with van der Waals surface area (Å²) in [7, 11) is 0. The number of carbonyl (C=O) groups excluding carboxylic acids is 1. The Morgan fingerprint density at radius 1 is 1.28 bits per heavy atom. The van der Waals surface area contributed by atoms with Crippen molar-refractivity contribution in [2.45, 2.75) is 71.1 Å². The van der Waals surface area contributed by atoms with Crippen LogP contribution in [-0.2, 0) is 4.74 Å². The van der Waals surface area contributed by atoms with Crippen LogP contribution in [0.3, 0.4) is 0 Å². The SMILES string of the molecule is CCC(CC)(CN=C(N)NC1CCOc2ccccc21)NC(=O)OC(C)(C)C.I. The van der Waals surface area contributed by atoms with Gasteiger partial charge in [-0.2, -0.15) is 0 Å². The van der Waals surface area contributed by atoms with E-state index in [9.17, 15) is 4.79 Å². The summed E-state index contributed by atoms with van der Waals surface area (Å²) in [4.78, 5) is 16.8. The van der Waals surface area contributed by atoms with E-state index in [0.29, 0.717) is 19.1 Å². The Kier molecular flexibility index (Phi) is 9.51. The van der Waals surface area contributed by atoms with Gasteiger partial charge >= 0.3 is 6.09 Å². The lowest BCUT2D eigenvalue weighted by molar-refractivity contribution is 0.0452. The first kappa shape index (κ1) is 25.3. The van der Waals surface area contributed by atoms with Gasteiger partial charge in [0.15, 0.2) is 5.96 Å². The monoisotopic (exact) mass is 518 g/mol. The number of para-hydroxylation sites is 1. The first-order valence-electron chi connectivity index (χ1n) is 9.97. The fourth-order valence-corrected chi connectivity index (χ4v) is 3.16. The van der Waals surface area contributed by atoms with Crippen molar-refractivity contribution in [2.24, 2.45) is 10.7 Å². The van der Waals surface area contributed by atoms with Crippen LogP contribution in [0.25, 0.3) is 0 Å². The van der Waals surface area contributed by atoms with Gasteiger partial charge in [0.05, 0.1) is 24.7 Å². The summed E-state index contributed by atoms with van der Waals surface area (Å²) in [5.74, 6) is 1.24. The van der Waals surface area contributed by atoms with E-state index in [1.807, 2.05) is 58.9 Å². The fourth-order valence-electron chi connectivity index (χ4n) is 3.16. The number of guanidine groups is 1. The number of benzene rings is 1. The molecule has 1 aromatic rings. The first-order valence-corrected chi connectivity index (χ1v) is 9.97. The molecule has 1 aliphatic rings. The first-order chi connectivity index (χ1) is 13.2. The van der Waals surface area contributed by atoms with Crippen molar-refractivity contribution >= 4 is 36.0 Å². The van der Waals surface area contributed by atoms with Crippen LogP contribution in [0.2, 0.25) is 0 Å². The predicted octanol–water partition coefficient (Wildman–Crippen LogP) is 4.12. The number of hydrogen-bond donors (Lipinski definition) is 3. The summed E-state index contributed by atoms with van der Waals surface area (Å²) in [6.45, 7) is 10.6. The highest BCUT2D eigenvalue weighted by Crippen LogP contribution is 2.31. The molecule has 0 saturated heterocycles. The highest BCUT2D eigenvalue weighted by Gasteiger charge is 2.30. The molecule has 0 aromatic heterocycles. The second-order valence-electron chi connectivity index (χ2n) is 8.19. The number of ether oxygens (including phenoxy) is 2. The summed E-state index contributed by atoms with van der Waals surface area (Å²) in [6, 6.07) is 7.99. The molecule has 164 valence electrons. The summed E-state index contributed by atoms with van der Waals surface area (Å²) in [6.07, 6.45) is 1.83. The average molecular weight is 518 g/mol. The minimum atomic E-state index is -0.544. The molecule has 7 nitrogen and oxygen atoms in total. The predicted molar refractivity (Wildman–Crippen MR) is 127 cm³/mol. The normalized spacial score (nSPS) is 16.7. The Bertz CT molecular complexity index is 699. The molecule has 0 spiro atoms. The third-order valence-corrected chi connectivity index (χ3v) is 4.95. The topological polar surface area (TPSA) is 98.0 Å². The van der Waals surface area contributed by atoms with E-state index in [4.69, 9.17) is 15.2 Å². The van der Waals surface area contributed by atoms with Crippen LogP contribution in [0.1, 0.15) is 65.5 Å². The largest absolute Gasteiger partial charge is 0.493 e. The average Bonchev–Trinajstić information content (AvgIpc) is 2.64. The zero-order valence-corrected chi connectivity index (χ0v) is 20.4. The molecule has 1 amide bonds. The molecule has 0 radical (unpaired) electrons. The number of nitrogens with two attached hydrogens (primary N) is 1. The Labute approximate surface area is 191 Å². The molecular formula is C21H35IN4O3. The van der Waals surface area contributed by atoms with Crippen molar-refractivity contribution in [2.75, 3.05) is 13.2 Å². The van der Waals surface area contributed by atoms with Crippen LogP contribution >= 0.6 is 24.0 Å². The van der Waals surface area contributed by atoms with Crippen LogP contribution in [0.15, 0.2) is 29.3 Å². The van der Waals surface area contributed by atoms with E-state index in [0.717, 1.165) is 30.6 Å². The highest BCUT2D eigenvalue weighted by atomic mass is 127. The number of aliphatic imine (C=N–C) groups is 1. The minimum absolute atomic E-state index is 0. The standard InChI is InChI=1S/C21H34N4O3.HI/c1-6-21(7-2,25-19(26)28-20(3,4)5)14-23-18(22)24-16-12-13-27-17-11-9-8-10-15(16)17;/h8-11,16H,6-7,12-14H2,1-5H3,(H,25,26)(H3,22,23,24);1H. The fraction of sp³-hybridized carbons (Fsp3) is 0.619. The second-order valence-corrected chi connectivity index (χ2v) is 8.19. The van der Waals surface area contributed by atoms with Gasteiger partial charge in [-0.1, -0.05) is 32.0 Å². The number of hydrogen-bond acceptors (Lipinski definition) is 4. The highest BCUT2D eigenvalue weighted by molar-refractivity contribution is 14.0. The van der Waals surface area contributed by atoms with Crippen LogP contribution in [-0.4, -0.2) is 36.3 Å². The van der Waals surface area contributed by atoms with Gasteiger partial charge in [-0.25, -0.2) is 4.79 Å². The number of halogens is 1. The minimum Gasteiger partial charge on any atom is -0.493 e. The number of alkyl carbamates (subject to hydrolysis) is 1. The zero-order valence-electron chi connectivity index (χ0n) is 18.1. The smallest absolute Gasteiger partial charge is 0.408 e. The Morgan fingerprint density at radius 2 is 1.93 bits per heavy atom. The number of fused-ring (bicyclic) bond motifs is 1. The van der Waals surface area contributed by atoms with E-state index < -0.39 is 17.2 Å². The molecule has 4 N–H and O–H groups in total. The van der Waals surface area contributed by atoms with Gasteiger partial charge in [0.1, 0.15) is 11.4 Å². The molecule has 2 rings (SSSR count). The summed E-state index contributed by atoms with van der Waals surface area (Å²) in [5.41, 5.74) is 6.20. The van der Waals surface area contributed by atoms with E-state index >= 15 is 0 Å². The molecule has 0 aliphatic carbocycles. The number of rotatable bonds is 6. The number of carbonyl (C=O) groups is 1. The lowest BCUT2D eigenvalue weighted by Crippen LogP contribution is -2.52. The van der Waals surface area contributed by atoms with Gasteiger partial charge in [0.2, 0.25) is 0 Å². The molecule has 0 saturated carbocycles. The van der Waals surface area contributed by atoms with E-state index in [-0.39, 0.29) is 30.0 Å². The maximum absolute atomic E-state index is 12.2. The summed E-state index contributed by atoms with van der Waals surface area (Å²) < 4.78 is 11.1. The maximum atomic E-state index is 12.2. The third-order valence-electron chi connectivity index (χ3n) is 4.95. The molecule has 8 heteroatoms. The van der Waals surface area contributed by atoms with Gasteiger partial charge in [-0.15, -0.1) is 24.0 Å². The lowest BCUT2D eigenvalue weighted by Gasteiger charge is -2.33. The van der Waals surface area contributed by atoms with Gasteiger partial charge in [-0.05, 0) is 39.7 Å². The van der Waals surface area contributed by atoms with E-state index in [1.165, 1.54) is 0 Å². The molecule has 1 heterocycles. The van der Waals surface area contributed by atoms with Crippen LogP contribution < -0.4 is 21.1 Å². The van der Waals surface area contributed by atoms with E-state index in [2.05, 4.69) is 15.6 Å². The summed E-state index contributed by atoms with van der Waals surface area (Å²) in [5, 5.41) is 6.28. The van der Waals surface area contributed by atoms with Crippen molar-refractivity contribution < 1.29 is 14.3 Å². The van der Waals surface area contributed by atoms with Crippen molar-refractivity contribution in [3.63, 3.8) is 0 Å².